The van der Waals surface area contributed by atoms with Gasteiger partial charge in [0.15, 0.2) is 5.78 Å². The van der Waals surface area contributed by atoms with E-state index in [-0.39, 0.29) is 12.3 Å². The second kappa shape index (κ2) is 4.42. The van der Waals surface area contributed by atoms with Crippen molar-refractivity contribution in [3.8, 4) is 0 Å². The fraction of sp³-hybridized carbons (Fsp3) is 0.100. The van der Waals surface area contributed by atoms with E-state index in [0.29, 0.717) is 5.70 Å². The van der Waals surface area contributed by atoms with E-state index in [9.17, 15) is 4.79 Å². The fourth-order valence-electron chi connectivity index (χ4n) is 0.946. The maximum atomic E-state index is 10.9. The molecule has 0 saturated carbocycles. The van der Waals surface area contributed by atoms with E-state index in [2.05, 4.69) is 0 Å². The maximum absolute atomic E-state index is 10.9. The molecule has 1 aromatic rings. The average Bonchev–Trinajstić information content (AvgIpc) is 2.19. The molecule has 3 heteroatoms. The topological polar surface area (TPSA) is 69.1 Å². The van der Waals surface area contributed by atoms with E-state index >= 15 is 0 Å². The van der Waals surface area contributed by atoms with Crippen molar-refractivity contribution >= 4 is 11.5 Å². The molecule has 0 amide bonds. The molecule has 68 valence electrons. The highest BCUT2D eigenvalue weighted by molar-refractivity contribution is 5.97. The fourth-order valence-corrected chi connectivity index (χ4v) is 0.946. The number of benzene rings is 1. The van der Waals surface area contributed by atoms with Crippen LogP contribution in [0.15, 0.2) is 36.4 Å². The first-order valence-corrected chi connectivity index (χ1v) is 3.99. The van der Waals surface area contributed by atoms with Crippen molar-refractivity contribution < 1.29 is 4.79 Å². The van der Waals surface area contributed by atoms with Gasteiger partial charge in [-0.1, -0.05) is 30.3 Å². The van der Waals surface area contributed by atoms with Crippen LogP contribution in [0.3, 0.4) is 0 Å². The van der Waals surface area contributed by atoms with Gasteiger partial charge in [0, 0.05) is 11.8 Å². The van der Waals surface area contributed by atoms with Gasteiger partial charge in [-0.05, 0) is 5.56 Å². The van der Waals surface area contributed by atoms with Gasteiger partial charge in [0.1, 0.15) is 0 Å². The van der Waals surface area contributed by atoms with E-state index in [4.69, 9.17) is 11.5 Å². The van der Waals surface area contributed by atoms with Crippen LogP contribution in [0.25, 0.3) is 5.70 Å². The van der Waals surface area contributed by atoms with Crippen molar-refractivity contribution in [1.29, 1.82) is 0 Å². The smallest absolute Gasteiger partial charge is 0.171 e. The Morgan fingerprint density at radius 3 is 2.46 bits per heavy atom. The molecule has 0 heterocycles. The van der Waals surface area contributed by atoms with Gasteiger partial charge in [-0.15, -0.1) is 0 Å². The molecule has 1 aromatic carbocycles. The number of carbonyl (C=O) groups is 1. The Morgan fingerprint density at radius 2 is 1.92 bits per heavy atom. The number of hydrogen-bond acceptors (Lipinski definition) is 3. The summed E-state index contributed by atoms with van der Waals surface area (Å²) in [6, 6.07) is 9.30. The van der Waals surface area contributed by atoms with Crippen LogP contribution < -0.4 is 11.5 Å². The van der Waals surface area contributed by atoms with Gasteiger partial charge in [-0.2, -0.15) is 0 Å². The van der Waals surface area contributed by atoms with Crippen molar-refractivity contribution in [3.05, 3.63) is 42.0 Å². The summed E-state index contributed by atoms with van der Waals surface area (Å²) in [5.74, 6) is -0.165. The van der Waals surface area contributed by atoms with Gasteiger partial charge < -0.3 is 11.5 Å². The summed E-state index contributed by atoms with van der Waals surface area (Å²) in [6.07, 6.45) is 1.36. The lowest BCUT2D eigenvalue weighted by Crippen LogP contribution is -2.12. The summed E-state index contributed by atoms with van der Waals surface area (Å²) in [7, 11) is 0. The molecule has 0 atom stereocenters. The first-order chi connectivity index (χ1) is 6.24. The van der Waals surface area contributed by atoms with Crippen molar-refractivity contribution in [2.45, 2.75) is 0 Å². The third-order valence-corrected chi connectivity index (χ3v) is 1.62. The summed E-state index contributed by atoms with van der Waals surface area (Å²) >= 11 is 0. The minimum atomic E-state index is -0.165. The zero-order valence-corrected chi connectivity index (χ0v) is 7.23. The molecule has 0 bridgehead atoms. The van der Waals surface area contributed by atoms with Gasteiger partial charge in [0.05, 0.1) is 6.54 Å². The van der Waals surface area contributed by atoms with Crippen LogP contribution in [0.5, 0.6) is 0 Å². The monoisotopic (exact) mass is 176 g/mol. The van der Waals surface area contributed by atoms with E-state index in [1.54, 1.807) is 0 Å². The quantitative estimate of drug-likeness (QED) is 0.659. The van der Waals surface area contributed by atoms with Crippen LogP contribution in [0.4, 0.5) is 0 Å². The first-order valence-electron chi connectivity index (χ1n) is 3.99. The third kappa shape index (κ3) is 2.72. The molecule has 0 fully saturated rings. The van der Waals surface area contributed by atoms with Gasteiger partial charge in [-0.3, -0.25) is 4.79 Å². The molecule has 0 aliphatic heterocycles. The number of hydrogen-bond donors (Lipinski definition) is 2. The summed E-state index contributed by atoms with van der Waals surface area (Å²) < 4.78 is 0. The van der Waals surface area contributed by atoms with Crippen LogP contribution >= 0.6 is 0 Å². The van der Waals surface area contributed by atoms with Crippen LogP contribution in [-0.2, 0) is 4.79 Å². The predicted octanol–water partition coefficient (Wildman–Crippen LogP) is 0.514. The standard InChI is InChI=1S/C10H12N2O/c11-7-9(13)6-10(12)8-4-2-1-3-5-8/h1-6H,7,11-12H2/b10-6-. The lowest BCUT2D eigenvalue weighted by molar-refractivity contribution is -0.113. The molecule has 3 nitrogen and oxygen atoms in total. The summed E-state index contributed by atoms with van der Waals surface area (Å²) in [4.78, 5) is 10.9. The minimum Gasteiger partial charge on any atom is -0.398 e. The second-order valence-electron chi connectivity index (χ2n) is 2.64. The highest BCUT2D eigenvalue weighted by Crippen LogP contribution is 2.06. The Bertz CT molecular complexity index is 317. The number of carbonyl (C=O) groups excluding carboxylic acids is 1. The number of nitrogens with two attached hydrogens (primary N) is 2. The van der Waals surface area contributed by atoms with Gasteiger partial charge in [0.25, 0.3) is 0 Å². The molecular weight excluding hydrogens is 164 g/mol. The molecule has 0 saturated heterocycles. The number of ketones is 1. The van der Waals surface area contributed by atoms with Crippen LogP contribution in [0.2, 0.25) is 0 Å². The van der Waals surface area contributed by atoms with Gasteiger partial charge >= 0.3 is 0 Å². The largest absolute Gasteiger partial charge is 0.398 e. The van der Waals surface area contributed by atoms with Crippen LogP contribution in [0, 0.1) is 0 Å². The maximum Gasteiger partial charge on any atom is 0.171 e. The van der Waals surface area contributed by atoms with E-state index in [0.717, 1.165) is 5.56 Å². The molecule has 0 unspecified atom stereocenters. The van der Waals surface area contributed by atoms with Crippen LogP contribution in [-0.4, -0.2) is 12.3 Å². The Labute approximate surface area is 77.0 Å². The molecule has 0 aliphatic carbocycles. The Hall–Kier alpha value is -1.61. The molecular formula is C10H12N2O. The molecule has 0 radical (unpaired) electrons. The van der Waals surface area contributed by atoms with Crippen LogP contribution in [0.1, 0.15) is 5.56 Å². The van der Waals surface area contributed by atoms with E-state index in [1.807, 2.05) is 30.3 Å². The molecule has 13 heavy (non-hydrogen) atoms. The van der Waals surface area contributed by atoms with Crippen molar-refractivity contribution in [3.63, 3.8) is 0 Å². The second-order valence-corrected chi connectivity index (χ2v) is 2.64. The average molecular weight is 176 g/mol. The third-order valence-electron chi connectivity index (χ3n) is 1.62. The molecule has 4 N–H and O–H groups in total. The molecule has 1 rings (SSSR count). The molecule has 0 aromatic heterocycles. The van der Waals surface area contributed by atoms with Crippen molar-refractivity contribution in [1.82, 2.24) is 0 Å². The summed E-state index contributed by atoms with van der Waals surface area (Å²) in [6.45, 7) is -0.00642. The molecule has 0 spiro atoms. The number of rotatable bonds is 3. The van der Waals surface area contributed by atoms with Gasteiger partial charge in [0.2, 0.25) is 0 Å². The minimum absolute atomic E-state index is 0.00642. The normalized spacial score (nSPS) is 11.3. The lowest BCUT2D eigenvalue weighted by atomic mass is 10.1. The summed E-state index contributed by atoms with van der Waals surface area (Å²) in [5, 5.41) is 0. The Kier molecular flexibility index (Phi) is 3.23. The zero-order valence-electron chi connectivity index (χ0n) is 7.23. The SMILES string of the molecule is NCC(=O)/C=C(\N)c1ccccc1. The van der Waals surface area contributed by atoms with E-state index < -0.39 is 0 Å². The first kappa shape index (κ1) is 9.48. The highest BCUT2D eigenvalue weighted by atomic mass is 16.1. The summed E-state index contributed by atoms with van der Waals surface area (Å²) in [5.41, 5.74) is 12.1. The Balaban J connectivity index is 2.85. The highest BCUT2D eigenvalue weighted by Gasteiger charge is 1.97. The van der Waals surface area contributed by atoms with E-state index in [1.165, 1.54) is 6.08 Å². The predicted molar refractivity (Wildman–Crippen MR) is 52.7 cm³/mol. The van der Waals surface area contributed by atoms with Crippen molar-refractivity contribution in [2.24, 2.45) is 11.5 Å². The van der Waals surface area contributed by atoms with Crippen molar-refractivity contribution in [2.75, 3.05) is 6.54 Å². The lowest BCUT2D eigenvalue weighted by Gasteiger charge is -1.99. The zero-order chi connectivity index (χ0) is 9.68. The van der Waals surface area contributed by atoms with Gasteiger partial charge in [-0.25, -0.2) is 0 Å². The Morgan fingerprint density at radius 1 is 1.31 bits per heavy atom. The molecule has 0 aliphatic rings.